The molecule has 3 N–H and O–H groups in total. The quantitative estimate of drug-likeness (QED) is 0.521. The van der Waals surface area contributed by atoms with Gasteiger partial charge in [-0.3, -0.25) is 4.79 Å². The van der Waals surface area contributed by atoms with Crippen LogP contribution in [-0.4, -0.2) is 41.0 Å². The minimum Gasteiger partial charge on any atom is -0.469 e. The van der Waals surface area contributed by atoms with Gasteiger partial charge in [-0.2, -0.15) is 0 Å². The molecule has 0 atom stereocenters. The Hall–Kier alpha value is -1.63. The predicted octanol–water partition coefficient (Wildman–Crippen LogP) is 3.00. The Bertz CT molecular complexity index is 561. The fourth-order valence-corrected chi connectivity index (χ4v) is 2.63. The Morgan fingerprint density at radius 2 is 1.62 bits per heavy atom. The molecule has 0 bridgehead atoms. The molecule has 148 valence electrons. The summed E-state index contributed by atoms with van der Waals surface area (Å²) in [6.45, 7) is 8.48. The average molecular weight is 367 g/mol. The van der Waals surface area contributed by atoms with Gasteiger partial charge in [-0.05, 0) is 63.8 Å². The first-order chi connectivity index (χ1) is 12.1. The lowest BCUT2D eigenvalue weighted by Crippen LogP contribution is -2.35. The van der Waals surface area contributed by atoms with Crippen molar-refractivity contribution in [2.75, 3.05) is 19.0 Å². The summed E-state index contributed by atoms with van der Waals surface area (Å²) in [6, 6.07) is 5.54. The molecule has 1 aromatic rings. The lowest BCUT2D eigenvalue weighted by Gasteiger charge is -2.31. The Morgan fingerprint density at radius 1 is 1.04 bits per heavy atom. The van der Waals surface area contributed by atoms with Crippen molar-refractivity contribution < 1.29 is 24.5 Å². The zero-order chi connectivity index (χ0) is 19.8. The van der Waals surface area contributed by atoms with Crippen molar-refractivity contribution in [3.8, 4) is 0 Å². The zero-order valence-electron chi connectivity index (χ0n) is 16.6. The van der Waals surface area contributed by atoms with E-state index in [9.17, 15) is 15.0 Å². The van der Waals surface area contributed by atoms with E-state index in [1.165, 1.54) is 7.11 Å². The third-order valence-corrected chi connectivity index (χ3v) is 4.28. The molecule has 26 heavy (non-hydrogen) atoms. The molecule has 0 aromatic heterocycles. The third-order valence-electron chi connectivity index (χ3n) is 4.28. The van der Waals surface area contributed by atoms with Gasteiger partial charge in [-0.25, -0.2) is 0 Å². The van der Waals surface area contributed by atoms with Crippen LogP contribution >= 0.6 is 0 Å². The van der Waals surface area contributed by atoms with Gasteiger partial charge in [-0.1, -0.05) is 6.07 Å². The zero-order valence-corrected chi connectivity index (χ0v) is 16.6. The van der Waals surface area contributed by atoms with E-state index in [0.717, 1.165) is 23.2 Å². The molecule has 0 aliphatic rings. The van der Waals surface area contributed by atoms with Crippen molar-refractivity contribution in [2.24, 2.45) is 0 Å². The molecule has 0 heterocycles. The molecular formula is C20H33NO5. The summed E-state index contributed by atoms with van der Waals surface area (Å²) in [5, 5.41) is 22.1. The maximum atomic E-state index is 11.3. The van der Waals surface area contributed by atoms with E-state index in [2.05, 4.69) is 23.9 Å². The summed E-state index contributed by atoms with van der Waals surface area (Å²) in [6.07, 6.45) is 1.70. The fraction of sp³-hybridized carbons (Fsp3) is 0.650. The summed E-state index contributed by atoms with van der Waals surface area (Å²) in [7, 11) is 1.39. The van der Waals surface area contributed by atoms with E-state index in [0.29, 0.717) is 19.4 Å². The molecule has 1 rings (SSSR count). The monoisotopic (exact) mass is 367 g/mol. The number of nitrogens with one attached hydrogen (secondary N) is 1. The number of carbonyl (C=O) groups excluding carboxylic acids is 1. The molecule has 1 aromatic carbocycles. The number of esters is 1. The van der Waals surface area contributed by atoms with Crippen LogP contribution in [0.5, 0.6) is 0 Å². The second kappa shape index (κ2) is 9.90. The van der Waals surface area contributed by atoms with Crippen LogP contribution in [0.15, 0.2) is 18.2 Å². The number of ether oxygens (including phenoxy) is 2. The highest BCUT2D eigenvalue weighted by molar-refractivity contribution is 5.69. The number of aliphatic hydroxyl groups is 2. The molecule has 0 aliphatic heterocycles. The molecule has 0 saturated heterocycles. The lowest BCUT2D eigenvalue weighted by molar-refractivity contribution is -0.142. The molecule has 0 spiro atoms. The molecule has 0 unspecified atom stereocenters. The van der Waals surface area contributed by atoms with Gasteiger partial charge in [0.05, 0.1) is 25.9 Å². The van der Waals surface area contributed by atoms with Gasteiger partial charge in [-0.15, -0.1) is 0 Å². The molecule has 6 heteroatoms. The molecule has 0 radical (unpaired) electrons. The molecular weight excluding hydrogens is 334 g/mol. The summed E-state index contributed by atoms with van der Waals surface area (Å²) in [5.74, 6) is -0.230. The minimum atomic E-state index is -0.398. The van der Waals surface area contributed by atoms with Gasteiger partial charge in [0.25, 0.3) is 0 Å². The highest BCUT2D eigenvalue weighted by atomic mass is 16.5. The molecule has 0 fully saturated rings. The van der Waals surface area contributed by atoms with Crippen molar-refractivity contribution in [3.05, 3.63) is 29.3 Å². The second-order valence-electron chi connectivity index (χ2n) is 7.80. The number of hydrogen-bond acceptors (Lipinski definition) is 6. The third kappa shape index (κ3) is 8.17. The molecule has 0 amide bonds. The number of hydrogen-bond donors (Lipinski definition) is 3. The van der Waals surface area contributed by atoms with Gasteiger partial charge < -0.3 is 25.0 Å². The minimum absolute atomic E-state index is 0.0690. The van der Waals surface area contributed by atoms with E-state index in [4.69, 9.17) is 4.74 Å². The summed E-state index contributed by atoms with van der Waals surface area (Å²) in [5.41, 5.74) is 1.74. The maximum Gasteiger partial charge on any atom is 0.305 e. The van der Waals surface area contributed by atoms with Crippen molar-refractivity contribution in [1.29, 1.82) is 0 Å². The number of anilines is 1. The standard InChI is InChI=1S/C20H33NO5/c1-19(2,8-9-26-20(3,4)7-6-18(24)25-5)21-17-11-15(13-22)10-16(12-17)14-23/h10-12,21-23H,6-9,13-14H2,1-5H3. The maximum absolute atomic E-state index is 11.3. The van der Waals surface area contributed by atoms with E-state index in [1.54, 1.807) is 6.07 Å². The highest BCUT2D eigenvalue weighted by Crippen LogP contribution is 2.23. The number of rotatable bonds is 11. The lowest BCUT2D eigenvalue weighted by atomic mass is 9.98. The number of benzene rings is 1. The van der Waals surface area contributed by atoms with Crippen LogP contribution < -0.4 is 5.32 Å². The van der Waals surface area contributed by atoms with Gasteiger partial charge in [0.15, 0.2) is 0 Å². The van der Waals surface area contributed by atoms with Crippen molar-refractivity contribution in [1.82, 2.24) is 0 Å². The summed E-state index contributed by atoms with van der Waals surface area (Å²) < 4.78 is 10.6. The SMILES string of the molecule is COC(=O)CCC(C)(C)OCCC(C)(C)Nc1cc(CO)cc(CO)c1. The van der Waals surface area contributed by atoms with Crippen LogP contribution in [-0.2, 0) is 27.5 Å². The first-order valence-corrected chi connectivity index (χ1v) is 8.94. The number of methoxy groups -OCH3 is 1. The van der Waals surface area contributed by atoms with Gasteiger partial charge in [0.2, 0.25) is 0 Å². The van der Waals surface area contributed by atoms with Gasteiger partial charge >= 0.3 is 5.97 Å². The first-order valence-electron chi connectivity index (χ1n) is 8.94. The molecule has 6 nitrogen and oxygen atoms in total. The topological polar surface area (TPSA) is 88.0 Å². The van der Waals surface area contributed by atoms with E-state index >= 15 is 0 Å². The van der Waals surface area contributed by atoms with Crippen LogP contribution in [0.1, 0.15) is 58.1 Å². The van der Waals surface area contributed by atoms with Crippen molar-refractivity contribution >= 4 is 11.7 Å². The van der Waals surface area contributed by atoms with Crippen LogP contribution in [0.2, 0.25) is 0 Å². The largest absolute Gasteiger partial charge is 0.469 e. The van der Waals surface area contributed by atoms with E-state index in [-0.39, 0.29) is 24.7 Å². The highest BCUT2D eigenvalue weighted by Gasteiger charge is 2.23. The van der Waals surface area contributed by atoms with E-state index < -0.39 is 5.60 Å². The average Bonchev–Trinajstić information content (AvgIpc) is 2.58. The van der Waals surface area contributed by atoms with Crippen molar-refractivity contribution in [2.45, 2.75) is 71.3 Å². The van der Waals surface area contributed by atoms with Gasteiger partial charge in [0, 0.05) is 24.3 Å². The predicted molar refractivity (Wildman–Crippen MR) is 102 cm³/mol. The Labute approximate surface area is 156 Å². The Balaban J connectivity index is 2.57. The van der Waals surface area contributed by atoms with Crippen LogP contribution in [0.3, 0.4) is 0 Å². The normalized spacial score (nSPS) is 12.1. The number of carbonyl (C=O) groups is 1. The first kappa shape index (κ1) is 22.4. The Kier molecular flexibility index (Phi) is 8.53. The van der Waals surface area contributed by atoms with Crippen LogP contribution in [0.25, 0.3) is 0 Å². The van der Waals surface area contributed by atoms with Crippen LogP contribution in [0.4, 0.5) is 5.69 Å². The van der Waals surface area contributed by atoms with Crippen LogP contribution in [0, 0.1) is 0 Å². The van der Waals surface area contributed by atoms with Gasteiger partial charge in [0.1, 0.15) is 0 Å². The number of aliphatic hydroxyl groups excluding tert-OH is 2. The van der Waals surface area contributed by atoms with E-state index in [1.807, 2.05) is 26.0 Å². The van der Waals surface area contributed by atoms with Crippen molar-refractivity contribution in [3.63, 3.8) is 0 Å². The summed E-state index contributed by atoms with van der Waals surface area (Å²) >= 11 is 0. The smallest absolute Gasteiger partial charge is 0.305 e. The Morgan fingerprint density at radius 3 is 2.12 bits per heavy atom. The second-order valence-corrected chi connectivity index (χ2v) is 7.80. The summed E-state index contributed by atoms with van der Waals surface area (Å²) in [4.78, 5) is 11.3. The molecule has 0 saturated carbocycles. The molecule has 0 aliphatic carbocycles. The fourth-order valence-electron chi connectivity index (χ4n) is 2.63.